The Kier molecular flexibility index (Phi) is 13.2. The Bertz CT molecular complexity index is 2540. The van der Waals surface area contributed by atoms with Crippen molar-refractivity contribution in [1.29, 1.82) is 0 Å². The number of nitrogens with one attached hydrogen (secondary N) is 2. The van der Waals surface area contributed by atoms with E-state index in [1.807, 2.05) is 32.2 Å². The molecule has 17 heteroatoms. The average molecular weight is 922 g/mol. The van der Waals surface area contributed by atoms with Crippen LogP contribution in [0.3, 0.4) is 0 Å². The highest BCUT2D eigenvalue weighted by Crippen LogP contribution is 2.43. The first-order valence-electron chi connectivity index (χ1n) is 23.1. The van der Waals surface area contributed by atoms with Gasteiger partial charge in [-0.05, 0) is 81.4 Å². The molecule has 3 fully saturated rings. The summed E-state index contributed by atoms with van der Waals surface area (Å²) in [6, 6.07) is 7.29. The van der Waals surface area contributed by atoms with Crippen LogP contribution in [0, 0.1) is 11.3 Å². The number of hydrogen-bond acceptors (Lipinski definition) is 11. The number of likely N-dealkylation sites (N-methyl/N-ethyl adjacent to an activating group) is 1. The number of methoxy groups -OCH3 is 1. The van der Waals surface area contributed by atoms with E-state index in [-0.39, 0.29) is 37.0 Å². The number of hydrogen-bond donors (Lipinski definition) is 2. The number of amides is 5. The van der Waals surface area contributed by atoms with Gasteiger partial charge in [0.2, 0.25) is 11.8 Å². The van der Waals surface area contributed by atoms with E-state index < -0.39 is 46.9 Å². The number of aromatic nitrogens is 3. The summed E-state index contributed by atoms with van der Waals surface area (Å²) in [4.78, 5) is 84.0. The summed E-state index contributed by atoms with van der Waals surface area (Å²) in [6.45, 7) is 18.2. The summed E-state index contributed by atoms with van der Waals surface area (Å²) in [6.07, 6.45) is 5.28. The van der Waals surface area contributed by atoms with Crippen molar-refractivity contribution in [3.8, 4) is 22.5 Å². The Hall–Kier alpha value is -5.65. The number of cyclic esters (lactones) is 1. The number of carbonyl (C=O) groups excluding carboxylic acids is 5. The highest BCUT2D eigenvalue weighted by Gasteiger charge is 2.57. The summed E-state index contributed by atoms with van der Waals surface area (Å²) in [5, 5.41) is 8.11. The number of fused-ring (bicyclic) bond motifs is 6. The first-order chi connectivity index (χ1) is 31.5. The summed E-state index contributed by atoms with van der Waals surface area (Å²) in [5.74, 6) is -1.83. The number of rotatable bonds is 9. The molecule has 3 aromatic heterocycles. The van der Waals surface area contributed by atoms with Crippen molar-refractivity contribution in [3.05, 3.63) is 70.8 Å². The molecule has 4 aromatic rings. The van der Waals surface area contributed by atoms with E-state index in [1.54, 1.807) is 30.2 Å². The smallest absolute Gasteiger partial charge is 0.324 e. The molecule has 1 spiro atoms. The van der Waals surface area contributed by atoms with E-state index in [4.69, 9.17) is 19.4 Å². The van der Waals surface area contributed by atoms with Gasteiger partial charge in [0.15, 0.2) is 0 Å². The van der Waals surface area contributed by atoms with Gasteiger partial charge in [-0.1, -0.05) is 40.3 Å². The highest BCUT2D eigenvalue weighted by atomic mass is 32.1. The lowest BCUT2D eigenvalue weighted by Gasteiger charge is -2.62. The molecule has 16 nitrogen and oxygen atoms in total. The second kappa shape index (κ2) is 18.6. The molecule has 8 rings (SSSR count). The molecule has 1 unspecified atom stereocenters. The van der Waals surface area contributed by atoms with E-state index in [9.17, 15) is 24.0 Å². The average Bonchev–Trinajstić information content (AvgIpc) is 3.87. The van der Waals surface area contributed by atoms with Crippen LogP contribution in [0.2, 0.25) is 0 Å². The van der Waals surface area contributed by atoms with E-state index in [1.165, 1.54) is 27.3 Å². The van der Waals surface area contributed by atoms with Crippen molar-refractivity contribution in [3.63, 3.8) is 0 Å². The van der Waals surface area contributed by atoms with Gasteiger partial charge in [0.1, 0.15) is 18.1 Å². The zero-order chi connectivity index (χ0) is 47.2. The third-order valence-electron chi connectivity index (χ3n) is 13.8. The Balaban J connectivity index is 1.13. The van der Waals surface area contributed by atoms with Crippen molar-refractivity contribution in [2.24, 2.45) is 11.3 Å². The van der Waals surface area contributed by atoms with Gasteiger partial charge in [0, 0.05) is 92.3 Å². The lowest BCUT2D eigenvalue weighted by molar-refractivity contribution is -0.157. The zero-order valence-corrected chi connectivity index (χ0v) is 40.2. The van der Waals surface area contributed by atoms with Gasteiger partial charge < -0.3 is 34.1 Å². The van der Waals surface area contributed by atoms with Gasteiger partial charge in [-0.2, -0.15) is 0 Å². The molecule has 6 bridgehead atoms. The van der Waals surface area contributed by atoms with Gasteiger partial charge in [0.05, 0.1) is 40.3 Å². The number of pyridine rings is 1. The zero-order valence-electron chi connectivity index (χ0n) is 39.4. The van der Waals surface area contributed by atoms with E-state index in [0.717, 1.165) is 51.1 Å². The first kappa shape index (κ1) is 46.9. The number of urea groups is 1. The van der Waals surface area contributed by atoms with Crippen LogP contribution in [0.25, 0.3) is 33.4 Å². The Morgan fingerprint density at radius 3 is 2.61 bits per heavy atom. The maximum Gasteiger partial charge on any atom is 0.324 e. The number of aryl methyl sites for hydroxylation is 1. The van der Waals surface area contributed by atoms with Crippen molar-refractivity contribution < 1.29 is 33.4 Å². The predicted octanol–water partition coefficient (Wildman–Crippen LogP) is 5.75. The first-order valence-corrected chi connectivity index (χ1v) is 24.0. The van der Waals surface area contributed by atoms with Crippen molar-refractivity contribution >= 4 is 52.0 Å². The topological polar surface area (TPSA) is 172 Å². The van der Waals surface area contributed by atoms with Crippen LogP contribution < -0.4 is 10.7 Å². The van der Waals surface area contributed by atoms with Gasteiger partial charge >= 0.3 is 12.0 Å². The molecule has 2 N–H and O–H groups in total. The minimum absolute atomic E-state index is 0.0757. The number of thiazole rings is 1. The van der Waals surface area contributed by atoms with Crippen LogP contribution in [0.1, 0.15) is 83.2 Å². The van der Waals surface area contributed by atoms with Gasteiger partial charge in [-0.3, -0.25) is 29.2 Å². The fourth-order valence-electron chi connectivity index (χ4n) is 10.2. The highest BCUT2D eigenvalue weighted by molar-refractivity contribution is 7.10. The normalized spacial score (nSPS) is 21.4. The number of likely N-dealkylation sites (tertiary alicyclic amines) is 2. The number of benzene rings is 1. The number of hydrazine groups is 1. The quantitative estimate of drug-likeness (QED) is 0.156. The molecule has 7 heterocycles. The largest absolute Gasteiger partial charge is 0.464 e. The van der Waals surface area contributed by atoms with Crippen LogP contribution >= 0.6 is 11.3 Å². The third-order valence-corrected chi connectivity index (χ3v) is 14.7. The van der Waals surface area contributed by atoms with Gasteiger partial charge in [0.25, 0.3) is 5.91 Å². The minimum atomic E-state index is -1.08. The van der Waals surface area contributed by atoms with Crippen LogP contribution in [-0.4, -0.2) is 135 Å². The monoisotopic (exact) mass is 921 g/mol. The molecule has 66 heavy (non-hydrogen) atoms. The number of carbonyl (C=O) groups is 5. The van der Waals surface area contributed by atoms with E-state index in [2.05, 4.69) is 66.9 Å². The lowest BCUT2D eigenvalue weighted by Crippen LogP contribution is -2.79. The Morgan fingerprint density at radius 1 is 1.15 bits per heavy atom. The number of ether oxygens (including phenoxy) is 2. The van der Waals surface area contributed by atoms with Crippen molar-refractivity contribution in [2.75, 3.05) is 46.9 Å². The van der Waals surface area contributed by atoms with Crippen molar-refractivity contribution in [1.82, 2.24) is 45.0 Å². The molecule has 0 aliphatic carbocycles. The van der Waals surface area contributed by atoms with E-state index in [0.29, 0.717) is 57.0 Å². The maximum absolute atomic E-state index is 14.6. The summed E-state index contributed by atoms with van der Waals surface area (Å²) >= 11 is 1.41. The summed E-state index contributed by atoms with van der Waals surface area (Å²) in [7, 11) is 3.28. The molecule has 4 atom stereocenters. The molecular formula is C49H63N9O7S. The number of esters is 1. The predicted molar refractivity (Wildman–Crippen MR) is 252 cm³/mol. The standard InChI is InChI=1S/C49H63N9O7S/c1-10-40(59)57-21-18-49(57)26-55(27-49)47(63)54(8)42(29(3)4)44(60)52-36-23-39-51-37(25-66-39)31-16-17-38-33(22-31)34(43(56(38)11-2)32-14-12-19-50-41(32)30(5)64-9)24-48(6,7)28-65-46(62)35-15-13-20-58(53-35)45(36)61/h10,12,14,16-17,19,22,25,29-30,35-36,42,53H,1,11,13,15,18,20-21,23-24,26-28H2,2-9H3,(H,52,60)/t30-,35-,36-,42?/m0/s1. The Labute approximate surface area is 390 Å². The molecule has 0 saturated carbocycles. The maximum atomic E-state index is 14.6. The molecular weight excluding hydrogens is 859 g/mol. The van der Waals surface area contributed by atoms with Gasteiger partial charge in [-0.25, -0.2) is 15.2 Å². The fourth-order valence-corrected chi connectivity index (χ4v) is 11.1. The van der Waals surface area contributed by atoms with E-state index >= 15 is 0 Å². The number of nitrogens with zero attached hydrogens (tertiary/aromatic N) is 7. The van der Waals surface area contributed by atoms with Gasteiger partial charge in [-0.15, -0.1) is 11.3 Å². The SMILES string of the molecule is C=CC(=O)N1CCC12CN(C(=O)N(C)C(C(=O)N[C@H]1Cc3nc(cs3)-c3ccc4c(c3)c(c(-c3cccnc3[C@H](C)OC)n4CC)CC(C)(C)COC(=O)[C@@H]3CCCN(N3)C1=O)C(C)C)C2. The van der Waals surface area contributed by atoms with Crippen LogP contribution in [-0.2, 0) is 48.0 Å². The third kappa shape index (κ3) is 8.72. The van der Waals surface area contributed by atoms with Crippen molar-refractivity contribution in [2.45, 2.75) is 110 Å². The second-order valence-corrected chi connectivity index (χ2v) is 20.3. The minimum Gasteiger partial charge on any atom is -0.464 e. The Morgan fingerprint density at radius 2 is 1.92 bits per heavy atom. The molecule has 4 aliphatic rings. The van der Waals surface area contributed by atoms with Crippen LogP contribution in [0.5, 0.6) is 0 Å². The summed E-state index contributed by atoms with van der Waals surface area (Å²) in [5.41, 5.74) is 8.86. The molecule has 5 amide bonds. The molecule has 3 saturated heterocycles. The fraction of sp³-hybridized carbons (Fsp3) is 0.531. The second-order valence-electron chi connectivity index (χ2n) is 19.4. The van der Waals surface area contributed by atoms with Crippen LogP contribution in [0.4, 0.5) is 4.79 Å². The lowest BCUT2D eigenvalue weighted by atomic mass is 9.77. The molecule has 352 valence electrons. The molecule has 1 aromatic carbocycles. The van der Waals surface area contributed by atoms with Crippen LogP contribution in [0.15, 0.2) is 54.6 Å². The molecule has 0 radical (unpaired) electrons. The molecule has 4 aliphatic heterocycles. The summed E-state index contributed by atoms with van der Waals surface area (Å²) < 4.78 is 14.2.